The third-order valence-electron chi connectivity index (χ3n) is 4.38. The Balaban J connectivity index is 2.47. The van der Waals surface area contributed by atoms with E-state index >= 15 is 0 Å². The number of amides is 1. The van der Waals surface area contributed by atoms with E-state index in [9.17, 15) is 9.90 Å². The van der Waals surface area contributed by atoms with E-state index in [-0.39, 0.29) is 11.7 Å². The first-order valence-corrected chi connectivity index (χ1v) is 9.53. The van der Waals surface area contributed by atoms with Crippen LogP contribution >= 0.6 is 0 Å². The fourth-order valence-corrected chi connectivity index (χ4v) is 2.85. The molecule has 29 heavy (non-hydrogen) atoms. The molecule has 0 radical (unpaired) electrons. The number of ether oxygens (including phenoxy) is 1. The molecule has 5 heteroatoms. The van der Waals surface area contributed by atoms with Gasteiger partial charge in [0.25, 0.3) is 0 Å². The molecule has 0 saturated heterocycles. The number of allylic oxidation sites excluding steroid dienone is 1. The molecule has 0 atom stereocenters. The van der Waals surface area contributed by atoms with Crippen molar-refractivity contribution in [3.05, 3.63) is 77.9 Å². The van der Waals surface area contributed by atoms with Gasteiger partial charge in [0.15, 0.2) is 0 Å². The maximum absolute atomic E-state index is 12.8. The molecule has 0 unspecified atom stereocenters. The van der Waals surface area contributed by atoms with E-state index in [0.717, 1.165) is 16.9 Å². The van der Waals surface area contributed by atoms with Crippen LogP contribution in [0.1, 0.15) is 38.3 Å². The zero-order chi connectivity index (χ0) is 21.4. The fourth-order valence-electron chi connectivity index (χ4n) is 2.85. The Morgan fingerprint density at radius 2 is 1.93 bits per heavy atom. The fraction of sp³-hybridized carbons (Fsp3) is 0.250. The van der Waals surface area contributed by atoms with Crippen LogP contribution < -0.4 is 4.74 Å². The molecular weight excluding hydrogens is 364 g/mol. The minimum atomic E-state index is -0.0456. The smallest absolute Gasteiger partial charge is 0.228 e. The molecule has 2 aromatic carbocycles. The minimum Gasteiger partial charge on any atom is -0.508 e. The molecule has 0 heterocycles. The Kier molecular flexibility index (Phi) is 7.78. The van der Waals surface area contributed by atoms with Gasteiger partial charge in [-0.3, -0.25) is 9.69 Å². The standard InChI is InChI=1S/C24H28N2O3/c1-6-22(19-11-13-20(27)14-12-19)25-24(17(3)4)26(23(28)7-2)16-18-9-8-10-21(15-18)29-5/h6,8-15,27H,3,7,16H2,1-2,4-5H3. The van der Waals surface area contributed by atoms with Crippen molar-refractivity contribution in [2.45, 2.75) is 33.7 Å². The number of amidine groups is 1. The molecule has 0 aliphatic heterocycles. The summed E-state index contributed by atoms with van der Waals surface area (Å²) in [6, 6.07) is 14.4. The van der Waals surface area contributed by atoms with Crippen molar-refractivity contribution in [1.29, 1.82) is 0 Å². The number of methoxy groups -OCH3 is 1. The predicted octanol–water partition coefficient (Wildman–Crippen LogP) is 5.18. The summed E-state index contributed by atoms with van der Waals surface area (Å²) < 4.78 is 5.30. The first-order chi connectivity index (χ1) is 13.9. The number of benzene rings is 2. The van der Waals surface area contributed by atoms with E-state index in [4.69, 9.17) is 9.73 Å². The van der Waals surface area contributed by atoms with Crippen molar-refractivity contribution >= 4 is 17.4 Å². The van der Waals surface area contributed by atoms with Gasteiger partial charge in [-0.2, -0.15) is 0 Å². The Hall–Kier alpha value is -3.34. The van der Waals surface area contributed by atoms with E-state index in [1.54, 1.807) is 36.3 Å². The third kappa shape index (κ3) is 5.82. The molecule has 0 bridgehead atoms. The minimum absolute atomic E-state index is 0.0456. The number of hydrogen-bond acceptors (Lipinski definition) is 4. The average Bonchev–Trinajstić information content (AvgIpc) is 2.73. The summed E-state index contributed by atoms with van der Waals surface area (Å²) in [4.78, 5) is 19.2. The number of aliphatic imine (C=N–C) groups is 1. The lowest BCUT2D eigenvalue weighted by molar-refractivity contribution is -0.127. The van der Waals surface area contributed by atoms with Crippen molar-refractivity contribution in [3.63, 3.8) is 0 Å². The van der Waals surface area contributed by atoms with Gasteiger partial charge in [0.05, 0.1) is 19.4 Å². The lowest BCUT2D eigenvalue weighted by atomic mass is 10.1. The van der Waals surface area contributed by atoms with Gasteiger partial charge in [-0.25, -0.2) is 4.99 Å². The van der Waals surface area contributed by atoms with Crippen LogP contribution in [0.4, 0.5) is 0 Å². The molecular formula is C24H28N2O3. The van der Waals surface area contributed by atoms with E-state index in [1.807, 2.05) is 51.1 Å². The van der Waals surface area contributed by atoms with Crippen molar-refractivity contribution in [2.24, 2.45) is 4.99 Å². The second-order valence-corrected chi connectivity index (χ2v) is 6.62. The highest BCUT2D eigenvalue weighted by Gasteiger charge is 2.20. The second-order valence-electron chi connectivity index (χ2n) is 6.62. The summed E-state index contributed by atoms with van der Waals surface area (Å²) >= 11 is 0. The van der Waals surface area contributed by atoms with Gasteiger partial charge in [-0.1, -0.05) is 31.7 Å². The molecule has 5 nitrogen and oxygen atoms in total. The highest BCUT2D eigenvalue weighted by atomic mass is 16.5. The van der Waals surface area contributed by atoms with Gasteiger partial charge in [0.1, 0.15) is 17.3 Å². The molecule has 0 spiro atoms. The molecule has 1 N–H and O–H groups in total. The van der Waals surface area contributed by atoms with E-state index in [0.29, 0.717) is 30.1 Å². The summed E-state index contributed by atoms with van der Waals surface area (Å²) in [5.41, 5.74) is 3.16. The second kappa shape index (κ2) is 10.3. The van der Waals surface area contributed by atoms with Crippen LogP contribution in [-0.2, 0) is 11.3 Å². The topological polar surface area (TPSA) is 62.1 Å². The van der Waals surface area contributed by atoms with Crippen molar-refractivity contribution in [1.82, 2.24) is 4.90 Å². The summed E-state index contributed by atoms with van der Waals surface area (Å²) in [5, 5.41) is 9.55. The quantitative estimate of drug-likeness (QED) is 0.522. The van der Waals surface area contributed by atoms with Gasteiger partial charge in [0, 0.05) is 12.0 Å². The van der Waals surface area contributed by atoms with Crippen LogP contribution in [0.5, 0.6) is 11.5 Å². The lowest BCUT2D eigenvalue weighted by Crippen LogP contribution is -2.36. The predicted molar refractivity (Wildman–Crippen MR) is 118 cm³/mol. The highest BCUT2D eigenvalue weighted by molar-refractivity contribution is 6.08. The van der Waals surface area contributed by atoms with E-state index < -0.39 is 0 Å². The number of hydrogen-bond donors (Lipinski definition) is 1. The Bertz CT molecular complexity index is 927. The monoisotopic (exact) mass is 392 g/mol. The number of aromatic hydroxyl groups is 1. The zero-order valence-electron chi connectivity index (χ0n) is 17.5. The summed E-state index contributed by atoms with van der Waals surface area (Å²) in [5.74, 6) is 1.39. The number of nitrogens with zero attached hydrogens (tertiary/aromatic N) is 2. The number of phenolic OH excluding ortho intramolecular Hbond substituents is 1. The molecule has 2 aromatic rings. The molecule has 1 amide bonds. The Labute approximate surface area is 172 Å². The summed E-state index contributed by atoms with van der Waals surface area (Å²) in [6.07, 6.45) is 2.22. The first kappa shape index (κ1) is 22.0. The van der Waals surface area contributed by atoms with Crippen LogP contribution in [-0.4, -0.2) is 28.9 Å². The van der Waals surface area contributed by atoms with Gasteiger partial charge in [-0.15, -0.1) is 0 Å². The Morgan fingerprint density at radius 1 is 1.24 bits per heavy atom. The highest BCUT2D eigenvalue weighted by Crippen LogP contribution is 2.22. The number of phenols is 1. The molecule has 0 fully saturated rings. The number of rotatable bonds is 7. The van der Waals surface area contributed by atoms with Gasteiger partial charge in [-0.05, 0) is 61.4 Å². The van der Waals surface area contributed by atoms with Gasteiger partial charge in [0.2, 0.25) is 5.91 Å². The lowest BCUT2D eigenvalue weighted by Gasteiger charge is -2.25. The van der Waals surface area contributed by atoms with Crippen molar-refractivity contribution in [3.8, 4) is 11.5 Å². The van der Waals surface area contributed by atoms with Crippen LogP contribution in [0.25, 0.3) is 5.70 Å². The molecule has 0 aromatic heterocycles. The molecule has 0 saturated carbocycles. The SMILES string of the molecule is C=C(C)C(=NC(=CC)c1ccc(O)cc1)N(Cc1cccc(OC)c1)C(=O)CC. The molecule has 152 valence electrons. The van der Waals surface area contributed by atoms with Crippen molar-refractivity contribution in [2.75, 3.05) is 7.11 Å². The molecule has 0 aliphatic carbocycles. The van der Waals surface area contributed by atoms with Gasteiger partial charge >= 0.3 is 0 Å². The first-order valence-electron chi connectivity index (χ1n) is 9.53. The normalized spacial score (nSPS) is 11.9. The summed E-state index contributed by atoms with van der Waals surface area (Å²) in [7, 11) is 1.62. The Morgan fingerprint density at radius 3 is 2.48 bits per heavy atom. The maximum Gasteiger partial charge on any atom is 0.228 e. The molecule has 2 rings (SSSR count). The number of carbonyl (C=O) groups is 1. The van der Waals surface area contributed by atoms with E-state index in [1.165, 1.54) is 0 Å². The van der Waals surface area contributed by atoms with Crippen LogP contribution in [0.3, 0.4) is 0 Å². The largest absolute Gasteiger partial charge is 0.508 e. The van der Waals surface area contributed by atoms with Gasteiger partial charge < -0.3 is 9.84 Å². The van der Waals surface area contributed by atoms with Crippen LogP contribution in [0.15, 0.2) is 71.8 Å². The van der Waals surface area contributed by atoms with E-state index in [2.05, 4.69) is 6.58 Å². The van der Waals surface area contributed by atoms with Crippen LogP contribution in [0, 0.1) is 0 Å². The maximum atomic E-state index is 12.8. The van der Waals surface area contributed by atoms with Crippen LogP contribution in [0.2, 0.25) is 0 Å². The summed E-state index contributed by atoms with van der Waals surface area (Å²) in [6.45, 7) is 9.96. The van der Waals surface area contributed by atoms with Crippen molar-refractivity contribution < 1.29 is 14.6 Å². The number of carbonyl (C=O) groups excluding carboxylic acids is 1. The zero-order valence-corrected chi connectivity index (χ0v) is 17.5. The average molecular weight is 392 g/mol. The molecule has 0 aliphatic rings. The third-order valence-corrected chi connectivity index (χ3v) is 4.38.